The van der Waals surface area contributed by atoms with Gasteiger partial charge in [-0.05, 0) is 48.0 Å². The fraction of sp³-hybridized carbons (Fsp3) is 0.0500. The number of nitrogens with zero attached hydrogens (tertiary/aromatic N) is 3. The molecule has 8 heteroatoms. The van der Waals surface area contributed by atoms with Crippen LogP contribution in [0.2, 0.25) is 10.0 Å². The monoisotopic (exact) mass is 491 g/mol. The summed E-state index contributed by atoms with van der Waals surface area (Å²) in [7, 11) is 0. The zero-order chi connectivity index (χ0) is 19.7. The molecule has 4 rings (SSSR count). The van der Waals surface area contributed by atoms with Crippen molar-refractivity contribution in [1.82, 2.24) is 9.97 Å². The second-order valence-corrected chi connectivity index (χ2v) is 8.75. The van der Waals surface area contributed by atoms with Gasteiger partial charge in [0.05, 0.1) is 27.3 Å². The maximum atomic E-state index is 13.4. The van der Waals surface area contributed by atoms with E-state index < -0.39 is 0 Å². The highest BCUT2D eigenvalue weighted by atomic mass is 79.9. The van der Waals surface area contributed by atoms with Crippen molar-refractivity contribution in [3.8, 4) is 0 Å². The van der Waals surface area contributed by atoms with E-state index in [-0.39, 0.29) is 5.91 Å². The number of hydrogen-bond acceptors (Lipinski definition) is 4. The molecule has 0 saturated heterocycles. The van der Waals surface area contributed by atoms with Crippen molar-refractivity contribution in [1.29, 1.82) is 0 Å². The van der Waals surface area contributed by atoms with Gasteiger partial charge in [-0.1, -0.05) is 56.5 Å². The van der Waals surface area contributed by atoms with Gasteiger partial charge in [0, 0.05) is 21.9 Å². The van der Waals surface area contributed by atoms with E-state index in [1.807, 2.05) is 24.3 Å². The van der Waals surface area contributed by atoms with E-state index in [2.05, 4.69) is 25.9 Å². The van der Waals surface area contributed by atoms with Gasteiger partial charge in [0.25, 0.3) is 5.91 Å². The largest absolute Gasteiger partial charge is 0.279 e. The first-order valence-corrected chi connectivity index (χ1v) is 10.6. The molecule has 4 aromatic rings. The number of hydrogen-bond donors (Lipinski definition) is 0. The molecule has 0 atom stereocenters. The van der Waals surface area contributed by atoms with Gasteiger partial charge in [0.15, 0.2) is 5.13 Å². The van der Waals surface area contributed by atoms with Gasteiger partial charge in [-0.25, -0.2) is 4.98 Å². The topological polar surface area (TPSA) is 46.1 Å². The van der Waals surface area contributed by atoms with Gasteiger partial charge in [0.2, 0.25) is 0 Å². The number of aromatic nitrogens is 2. The van der Waals surface area contributed by atoms with E-state index in [4.69, 9.17) is 23.2 Å². The molecular weight excluding hydrogens is 481 g/mol. The highest BCUT2D eigenvalue weighted by Crippen LogP contribution is 2.33. The maximum absolute atomic E-state index is 13.4. The molecule has 0 radical (unpaired) electrons. The summed E-state index contributed by atoms with van der Waals surface area (Å²) in [5.41, 5.74) is 2.07. The van der Waals surface area contributed by atoms with Crippen LogP contribution in [0.15, 0.2) is 65.4 Å². The van der Waals surface area contributed by atoms with Crippen LogP contribution in [0.3, 0.4) is 0 Å². The van der Waals surface area contributed by atoms with Crippen LogP contribution < -0.4 is 4.90 Å². The van der Waals surface area contributed by atoms with Crippen molar-refractivity contribution < 1.29 is 4.79 Å². The number of rotatable bonds is 4. The summed E-state index contributed by atoms with van der Waals surface area (Å²) < 4.78 is 1.68. The first-order chi connectivity index (χ1) is 13.5. The average Bonchev–Trinajstić information content (AvgIpc) is 3.11. The minimum atomic E-state index is -0.236. The number of anilines is 1. The smallest absolute Gasteiger partial charge is 0.261 e. The molecule has 0 aliphatic carbocycles. The van der Waals surface area contributed by atoms with Crippen molar-refractivity contribution in [2.45, 2.75) is 6.54 Å². The molecule has 2 heterocycles. The molecule has 0 aliphatic heterocycles. The molecule has 140 valence electrons. The van der Waals surface area contributed by atoms with E-state index in [0.29, 0.717) is 27.3 Å². The lowest BCUT2D eigenvalue weighted by Gasteiger charge is -2.20. The third-order valence-corrected chi connectivity index (χ3v) is 6.14. The van der Waals surface area contributed by atoms with Crippen molar-refractivity contribution >= 4 is 71.7 Å². The van der Waals surface area contributed by atoms with Crippen LogP contribution in [-0.4, -0.2) is 15.9 Å². The van der Waals surface area contributed by atoms with Crippen molar-refractivity contribution in [3.63, 3.8) is 0 Å². The van der Waals surface area contributed by atoms with Crippen LogP contribution in [0.25, 0.3) is 10.2 Å². The average molecular weight is 493 g/mol. The van der Waals surface area contributed by atoms with Gasteiger partial charge in [0.1, 0.15) is 0 Å². The number of amides is 1. The third kappa shape index (κ3) is 4.05. The normalized spacial score (nSPS) is 11.0. The molecule has 2 aromatic heterocycles. The number of fused-ring (bicyclic) bond motifs is 1. The lowest BCUT2D eigenvalue weighted by atomic mass is 10.2. The highest BCUT2D eigenvalue weighted by molar-refractivity contribution is 9.10. The predicted octanol–water partition coefficient (Wildman–Crippen LogP) is 6.61. The van der Waals surface area contributed by atoms with E-state index in [1.165, 1.54) is 11.3 Å². The summed E-state index contributed by atoms with van der Waals surface area (Å²) in [4.78, 5) is 23.8. The molecule has 0 aliphatic rings. The maximum Gasteiger partial charge on any atom is 0.261 e. The second-order valence-electron chi connectivity index (χ2n) is 5.99. The van der Waals surface area contributed by atoms with Crippen molar-refractivity contribution in [2.24, 2.45) is 0 Å². The molecule has 28 heavy (non-hydrogen) atoms. The lowest BCUT2D eigenvalue weighted by Crippen LogP contribution is -2.30. The van der Waals surface area contributed by atoms with Crippen LogP contribution in [0, 0.1) is 0 Å². The summed E-state index contributed by atoms with van der Waals surface area (Å²) in [6, 6.07) is 14.4. The molecule has 0 fully saturated rings. The molecule has 0 unspecified atom stereocenters. The summed E-state index contributed by atoms with van der Waals surface area (Å²) in [5, 5.41) is 1.58. The van der Waals surface area contributed by atoms with Crippen LogP contribution >= 0.6 is 50.5 Å². The molecule has 0 spiro atoms. The summed E-state index contributed by atoms with van der Waals surface area (Å²) in [6.45, 7) is 0.322. The van der Waals surface area contributed by atoms with Gasteiger partial charge in [-0.15, -0.1) is 0 Å². The fourth-order valence-electron chi connectivity index (χ4n) is 2.71. The molecule has 0 bridgehead atoms. The molecule has 0 saturated carbocycles. The SMILES string of the molecule is O=C(c1cc(Br)ccc1Cl)N(Cc1cccnc1)c1nc2ccc(Cl)cc2s1. The Balaban J connectivity index is 1.80. The van der Waals surface area contributed by atoms with Crippen LogP contribution in [-0.2, 0) is 6.54 Å². The number of benzene rings is 2. The standard InChI is InChI=1S/C20H12BrCl2N3OS/c21-13-3-5-16(23)15(8-13)19(27)26(11-12-2-1-7-24-10-12)20-25-17-6-4-14(22)9-18(17)28-20/h1-10H,11H2. The Bertz CT molecular complexity index is 1170. The van der Waals surface area contributed by atoms with E-state index in [0.717, 1.165) is 20.3 Å². The van der Waals surface area contributed by atoms with E-state index in [9.17, 15) is 4.79 Å². The van der Waals surface area contributed by atoms with Crippen LogP contribution in [0.1, 0.15) is 15.9 Å². The Morgan fingerprint density at radius 1 is 1.14 bits per heavy atom. The Labute approximate surface area is 183 Å². The highest BCUT2D eigenvalue weighted by Gasteiger charge is 2.24. The number of thiazole rings is 1. The first-order valence-electron chi connectivity index (χ1n) is 8.23. The Morgan fingerprint density at radius 3 is 2.79 bits per heavy atom. The third-order valence-electron chi connectivity index (χ3n) is 4.04. The molecule has 1 amide bonds. The van der Waals surface area contributed by atoms with Gasteiger partial charge < -0.3 is 0 Å². The van der Waals surface area contributed by atoms with Gasteiger partial charge in [-0.3, -0.25) is 14.7 Å². The zero-order valence-corrected chi connectivity index (χ0v) is 18.2. The van der Waals surface area contributed by atoms with E-state index >= 15 is 0 Å². The first kappa shape index (κ1) is 19.3. The number of carbonyl (C=O) groups is 1. The summed E-state index contributed by atoms with van der Waals surface area (Å²) in [5.74, 6) is -0.236. The summed E-state index contributed by atoms with van der Waals surface area (Å²) >= 11 is 17.2. The predicted molar refractivity (Wildman–Crippen MR) is 119 cm³/mol. The van der Waals surface area contributed by atoms with Crippen LogP contribution in [0.4, 0.5) is 5.13 Å². The number of carbonyl (C=O) groups excluding carboxylic acids is 1. The van der Waals surface area contributed by atoms with Gasteiger partial charge >= 0.3 is 0 Å². The quantitative estimate of drug-likeness (QED) is 0.322. The Hall–Kier alpha value is -1.99. The summed E-state index contributed by atoms with van der Waals surface area (Å²) in [6.07, 6.45) is 3.42. The van der Waals surface area contributed by atoms with E-state index in [1.54, 1.807) is 41.6 Å². The molecule has 4 nitrogen and oxygen atoms in total. The molecule has 0 N–H and O–H groups in total. The Kier molecular flexibility index (Phi) is 5.64. The van der Waals surface area contributed by atoms with Crippen LogP contribution in [0.5, 0.6) is 0 Å². The van der Waals surface area contributed by atoms with Gasteiger partial charge in [-0.2, -0.15) is 0 Å². The second kappa shape index (κ2) is 8.17. The fourth-order valence-corrected chi connectivity index (χ4v) is 4.51. The van der Waals surface area contributed by atoms with Crippen molar-refractivity contribution in [2.75, 3.05) is 4.90 Å². The van der Waals surface area contributed by atoms with Crippen molar-refractivity contribution in [3.05, 3.63) is 86.6 Å². The zero-order valence-electron chi connectivity index (χ0n) is 14.3. The molecule has 2 aromatic carbocycles. The number of pyridine rings is 1. The number of halogens is 3. The lowest BCUT2D eigenvalue weighted by molar-refractivity contribution is 0.0985. The minimum Gasteiger partial charge on any atom is -0.279 e. The minimum absolute atomic E-state index is 0.236. The Morgan fingerprint density at radius 2 is 2.00 bits per heavy atom. The molecular formula is C20H12BrCl2N3OS.